The van der Waals surface area contributed by atoms with Gasteiger partial charge >= 0.3 is 0 Å². The van der Waals surface area contributed by atoms with Crippen LogP contribution in [0.25, 0.3) is 0 Å². The van der Waals surface area contributed by atoms with E-state index in [1.807, 2.05) is 11.8 Å². The van der Waals surface area contributed by atoms with Crippen molar-refractivity contribution < 1.29 is 0 Å². The van der Waals surface area contributed by atoms with Gasteiger partial charge in [0.15, 0.2) is 0 Å². The number of benzene rings is 1. The van der Waals surface area contributed by atoms with Crippen molar-refractivity contribution in [3.8, 4) is 0 Å². The van der Waals surface area contributed by atoms with Crippen LogP contribution in [0, 0.1) is 6.92 Å². The van der Waals surface area contributed by atoms with Crippen LogP contribution in [0.15, 0.2) is 24.3 Å². The molecule has 100 valence electrons. The third-order valence-electron chi connectivity index (χ3n) is 3.98. The van der Waals surface area contributed by atoms with Gasteiger partial charge < -0.3 is 5.32 Å². The molecule has 1 fully saturated rings. The van der Waals surface area contributed by atoms with Crippen molar-refractivity contribution in [2.75, 3.05) is 12.0 Å². The number of thioether (sulfide) groups is 1. The molecule has 0 amide bonds. The number of nitrogens with one attached hydrogen (secondary N) is 1. The second-order valence-corrected chi connectivity index (χ2v) is 6.42. The highest BCUT2D eigenvalue weighted by Crippen LogP contribution is 2.37. The van der Waals surface area contributed by atoms with Crippen LogP contribution >= 0.6 is 11.8 Å². The molecule has 0 radical (unpaired) electrons. The minimum atomic E-state index is 0.698. The maximum Gasteiger partial charge on any atom is 0.0158 e. The molecule has 1 N–H and O–H groups in total. The van der Waals surface area contributed by atoms with Crippen LogP contribution in [0.2, 0.25) is 0 Å². The summed E-state index contributed by atoms with van der Waals surface area (Å²) in [6.07, 6.45) is 6.07. The van der Waals surface area contributed by atoms with Crippen molar-refractivity contribution in [3.05, 3.63) is 35.4 Å². The van der Waals surface area contributed by atoms with E-state index in [1.54, 1.807) is 0 Å². The van der Waals surface area contributed by atoms with Gasteiger partial charge in [-0.15, -0.1) is 0 Å². The highest BCUT2D eigenvalue weighted by molar-refractivity contribution is 7.98. The predicted octanol–water partition coefficient (Wildman–Crippen LogP) is 3.97. The van der Waals surface area contributed by atoms with Gasteiger partial charge in [0.1, 0.15) is 0 Å². The van der Waals surface area contributed by atoms with Gasteiger partial charge in [-0.05, 0) is 43.9 Å². The van der Waals surface area contributed by atoms with Gasteiger partial charge in [-0.1, -0.05) is 36.8 Å². The summed E-state index contributed by atoms with van der Waals surface area (Å²) in [6.45, 7) is 4.47. The summed E-state index contributed by atoms with van der Waals surface area (Å²) in [5, 5.41) is 3.80. The molecule has 0 aliphatic heterocycles. The first-order valence-electron chi connectivity index (χ1n) is 7.04. The van der Waals surface area contributed by atoms with Crippen LogP contribution in [0.1, 0.15) is 43.2 Å². The quantitative estimate of drug-likeness (QED) is 0.833. The summed E-state index contributed by atoms with van der Waals surface area (Å²) in [5.41, 5.74) is 2.92. The van der Waals surface area contributed by atoms with Crippen molar-refractivity contribution in [2.45, 2.75) is 51.1 Å². The molecule has 0 bridgehead atoms. The first kappa shape index (κ1) is 14.0. The molecule has 1 aromatic carbocycles. The Bertz CT molecular complexity index is 371. The summed E-state index contributed by atoms with van der Waals surface area (Å²) >= 11 is 1.95. The fourth-order valence-corrected chi connectivity index (χ4v) is 3.50. The Kier molecular flexibility index (Phi) is 5.13. The Hall–Kier alpha value is -0.470. The maximum atomic E-state index is 3.80. The van der Waals surface area contributed by atoms with Gasteiger partial charge in [0, 0.05) is 17.8 Å². The first-order chi connectivity index (χ1) is 8.72. The van der Waals surface area contributed by atoms with Crippen molar-refractivity contribution in [1.29, 1.82) is 0 Å². The monoisotopic (exact) mass is 263 g/mol. The number of aryl methyl sites for hydroxylation is 1. The molecule has 18 heavy (non-hydrogen) atoms. The molecule has 0 heterocycles. The SMILES string of the molecule is CCC(CSC)NC1CC(c2cccc(C)c2)C1. The average Bonchev–Trinajstić information content (AvgIpc) is 2.31. The minimum absolute atomic E-state index is 0.698. The van der Waals surface area contributed by atoms with Gasteiger partial charge in [-0.2, -0.15) is 11.8 Å². The van der Waals surface area contributed by atoms with E-state index in [2.05, 4.69) is 49.7 Å². The smallest absolute Gasteiger partial charge is 0.0158 e. The van der Waals surface area contributed by atoms with Gasteiger partial charge in [0.2, 0.25) is 0 Å². The fourth-order valence-electron chi connectivity index (χ4n) is 2.77. The zero-order chi connectivity index (χ0) is 13.0. The number of hydrogen-bond acceptors (Lipinski definition) is 2. The van der Waals surface area contributed by atoms with Gasteiger partial charge in [-0.25, -0.2) is 0 Å². The Balaban J connectivity index is 1.80. The third-order valence-corrected chi connectivity index (χ3v) is 4.72. The Morgan fingerprint density at radius 2 is 2.17 bits per heavy atom. The highest BCUT2D eigenvalue weighted by atomic mass is 32.2. The van der Waals surface area contributed by atoms with E-state index in [0.717, 1.165) is 12.0 Å². The van der Waals surface area contributed by atoms with E-state index in [9.17, 15) is 0 Å². The Morgan fingerprint density at radius 3 is 2.78 bits per heavy atom. The van der Waals surface area contributed by atoms with Crippen LogP contribution in [-0.2, 0) is 0 Å². The zero-order valence-electron chi connectivity index (χ0n) is 11.8. The van der Waals surface area contributed by atoms with Crippen LogP contribution in [0.4, 0.5) is 0 Å². The fraction of sp³-hybridized carbons (Fsp3) is 0.625. The molecular weight excluding hydrogens is 238 g/mol. The molecule has 1 aromatic rings. The second kappa shape index (κ2) is 6.63. The lowest BCUT2D eigenvalue weighted by atomic mass is 9.75. The van der Waals surface area contributed by atoms with Crippen LogP contribution in [-0.4, -0.2) is 24.1 Å². The molecule has 1 nitrogen and oxygen atoms in total. The molecule has 1 atom stereocenters. The van der Waals surface area contributed by atoms with Crippen molar-refractivity contribution in [2.24, 2.45) is 0 Å². The van der Waals surface area contributed by atoms with Gasteiger partial charge in [-0.3, -0.25) is 0 Å². The Labute approximate surface area is 116 Å². The molecule has 1 aliphatic carbocycles. The molecule has 1 saturated carbocycles. The summed E-state index contributed by atoms with van der Waals surface area (Å²) in [6, 6.07) is 10.4. The highest BCUT2D eigenvalue weighted by Gasteiger charge is 2.31. The molecule has 1 aliphatic rings. The lowest BCUT2D eigenvalue weighted by molar-refractivity contribution is 0.269. The molecule has 0 aromatic heterocycles. The minimum Gasteiger partial charge on any atom is -0.310 e. The molecular formula is C16H25NS. The van der Waals surface area contributed by atoms with Crippen molar-refractivity contribution >= 4 is 11.8 Å². The second-order valence-electron chi connectivity index (χ2n) is 5.51. The Morgan fingerprint density at radius 1 is 1.39 bits per heavy atom. The summed E-state index contributed by atoms with van der Waals surface area (Å²) in [4.78, 5) is 0. The van der Waals surface area contributed by atoms with E-state index in [-0.39, 0.29) is 0 Å². The summed E-state index contributed by atoms with van der Waals surface area (Å²) in [5.74, 6) is 2.02. The van der Waals surface area contributed by atoms with E-state index in [4.69, 9.17) is 0 Å². The third kappa shape index (κ3) is 3.52. The predicted molar refractivity (Wildman–Crippen MR) is 82.5 cm³/mol. The van der Waals surface area contributed by atoms with Gasteiger partial charge in [0.25, 0.3) is 0 Å². The topological polar surface area (TPSA) is 12.0 Å². The van der Waals surface area contributed by atoms with Crippen molar-refractivity contribution in [3.63, 3.8) is 0 Å². The van der Waals surface area contributed by atoms with E-state index < -0.39 is 0 Å². The average molecular weight is 263 g/mol. The largest absolute Gasteiger partial charge is 0.310 e. The molecule has 0 spiro atoms. The van der Waals surface area contributed by atoms with Crippen molar-refractivity contribution in [1.82, 2.24) is 5.32 Å². The number of hydrogen-bond donors (Lipinski definition) is 1. The van der Waals surface area contributed by atoms with E-state index >= 15 is 0 Å². The van der Waals surface area contributed by atoms with Crippen LogP contribution in [0.3, 0.4) is 0 Å². The molecule has 2 rings (SSSR count). The lowest BCUT2D eigenvalue weighted by Gasteiger charge is -2.38. The van der Waals surface area contributed by atoms with E-state index in [1.165, 1.54) is 36.1 Å². The number of rotatable bonds is 6. The molecule has 2 heteroatoms. The zero-order valence-corrected chi connectivity index (χ0v) is 12.6. The normalized spacial score (nSPS) is 24.6. The maximum absolute atomic E-state index is 3.80. The summed E-state index contributed by atoms with van der Waals surface area (Å²) in [7, 11) is 0. The van der Waals surface area contributed by atoms with Crippen LogP contribution < -0.4 is 5.32 Å². The van der Waals surface area contributed by atoms with Gasteiger partial charge in [0.05, 0.1) is 0 Å². The van der Waals surface area contributed by atoms with Crippen LogP contribution in [0.5, 0.6) is 0 Å². The lowest BCUT2D eigenvalue weighted by Crippen LogP contribution is -2.46. The standard InChI is InChI=1S/C16H25NS/c1-4-15(11-18-3)17-16-9-14(10-16)13-7-5-6-12(2)8-13/h5-8,14-17H,4,9-11H2,1-3H3. The molecule has 0 saturated heterocycles. The summed E-state index contributed by atoms with van der Waals surface area (Å²) < 4.78 is 0. The first-order valence-corrected chi connectivity index (χ1v) is 8.43. The van der Waals surface area contributed by atoms with E-state index in [0.29, 0.717) is 6.04 Å². The molecule has 1 unspecified atom stereocenters.